The molecule has 1 N–H and O–H groups in total. The van der Waals surface area contributed by atoms with Crippen molar-refractivity contribution in [2.24, 2.45) is 7.05 Å². The molecule has 158 valence electrons. The second-order valence-corrected chi connectivity index (χ2v) is 8.24. The second kappa shape index (κ2) is 10.3. The molecule has 0 aliphatic carbocycles. The third kappa shape index (κ3) is 5.86. The van der Waals surface area contributed by atoms with Crippen molar-refractivity contribution in [3.8, 4) is 5.75 Å². The van der Waals surface area contributed by atoms with Crippen molar-refractivity contribution in [3.05, 3.63) is 65.0 Å². The van der Waals surface area contributed by atoms with Crippen LogP contribution in [0.2, 0.25) is 0 Å². The Labute approximate surface area is 182 Å². The lowest BCUT2D eigenvalue weighted by molar-refractivity contribution is -0.113. The Bertz CT molecular complexity index is 999. The molecule has 0 radical (unpaired) electrons. The smallest absolute Gasteiger partial charge is 0.234 e. The average Bonchev–Trinajstić information content (AvgIpc) is 3.09. The van der Waals surface area contributed by atoms with Gasteiger partial charge in [0, 0.05) is 19.2 Å². The molecular weight excluding hydrogens is 396 g/mol. The zero-order valence-corrected chi connectivity index (χ0v) is 18.8. The monoisotopic (exact) mass is 424 g/mol. The molecule has 7 heteroatoms. The number of hydrogen-bond donors (Lipinski definition) is 1. The predicted molar refractivity (Wildman–Crippen MR) is 121 cm³/mol. The van der Waals surface area contributed by atoms with Crippen LogP contribution in [-0.4, -0.2) is 33.5 Å². The van der Waals surface area contributed by atoms with Gasteiger partial charge in [-0.15, -0.1) is 10.2 Å². The van der Waals surface area contributed by atoms with Gasteiger partial charge in [0.2, 0.25) is 5.91 Å². The topological polar surface area (TPSA) is 69.0 Å². The molecule has 1 heterocycles. The van der Waals surface area contributed by atoms with Gasteiger partial charge in [0.25, 0.3) is 0 Å². The van der Waals surface area contributed by atoms with Gasteiger partial charge in [0.15, 0.2) is 5.16 Å². The van der Waals surface area contributed by atoms with Crippen molar-refractivity contribution in [3.63, 3.8) is 0 Å². The first kappa shape index (κ1) is 21.9. The van der Waals surface area contributed by atoms with Crippen LogP contribution in [0.15, 0.2) is 47.6 Å². The normalized spacial score (nSPS) is 10.8. The highest BCUT2D eigenvalue weighted by molar-refractivity contribution is 7.99. The van der Waals surface area contributed by atoms with Crippen LogP contribution < -0.4 is 10.1 Å². The fourth-order valence-electron chi connectivity index (χ4n) is 3.08. The van der Waals surface area contributed by atoms with Crippen molar-refractivity contribution in [2.45, 2.75) is 38.3 Å². The summed E-state index contributed by atoms with van der Waals surface area (Å²) in [6.45, 7) is 4.09. The van der Waals surface area contributed by atoms with Crippen molar-refractivity contribution >= 4 is 23.4 Å². The number of nitrogens with zero attached hydrogens (tertiary/aromatic N) is 3. The number of methoxy groups -OCH3 is 1. The van der Waals surface area contributed by atoms with Crippen LogP contribution in [0.3, 0.4) is 0 Å². The number of carbonyl (C=O) groups excluding carboxylic acids is 1. The summed E-state index contributed by atoms with van der Waals surface area (Å²) in [5, 5.41) is 12.2. The minimum absolute atomic E-state index is 0.0488. The van der Waals surface area contributed by atoms with Gasteiger partial charge in [-0.05, 0) is 67.6 Å². The molecule has 0 fully saturated rings. The van der Waals surface area contributed by atoms with Crippen LogP contribution in [0.1, 0.15) is 28.9 Å². The van der Waals surface area contributed by atoms with Gasteiger partial charge in [-0.3, -0.25) is 4.79 Å². The number of ether oxygens (including phenoxy) is 1. The van der Waals surface area contributed by atoms with E-state index in [-0.39, 0.29) is 5.91 Å². The van der Waals surface area contributed by atoms with E-state index in [0.29, 0.717) is 5.75 Å². The Balaban J connectivity index is 1.47. The van der Waals surface area contributed by atoms with Gasteiger partial charge >= 0.3 is 0 Å². The zero-order valence-electron chi connectivity index (χ0n) is 17.9. The zero-order chi connectivity index (χ0) is 21.5. The number of anilines is 1. The minimum Gasteiger partial charge on any atom is -0.497 e. The molecule has 0 saturated carbocycles. The highest BCUT2D eigenvalue weighted by Crippen LogP contribution is 2.19. The number of amides is 1. The molecule has 0 unspecified atom stereocenters. The van der Waals surface area contributed by atoms with Crippen molar-refractivity contribution < 1.29 is 9.53 Å². The molecule has 0 aliphatic heterocycles. The maximum Gasteiger partial charge on any atom is 0.234 e. The number of benzene rings is 2. The molecule has 0 atom stereocenters. The fraction of sp³-hybridized carbons (Fsp3) is 0.348. The Hall–Kier alpha value is -2.80. The number of nitrogens with one attached hydrogen (secondary N) is 1. The number of thioether (sulfide) groups is 1. The molecule has 0 saturated heterocycles. The van der Waals surface area contributed by atoms with Crippen LogP contribution >= 0.6 is 11.8 Å². The van der Waals surface area contributed by atoms with Gasteiger partial charge in [-0.25, -0.2) is 0 Å². The lowest BCUT2D eigenvalue weighted by Gasteiger charge is -2.08. The molecule has 1 amide bonds. The Kier molecular flexibility index (Phi) is 7.52. The SMILES string of the molecule is COc1ccc(CCCc2nnc(SCC(=O)Nc3ccc(C)c(C)c3)n2C)cc1. The van der Waals surface area contributed by atoms with Crippen LogP contribution in [0.25, 0.3) is 0 Å². The summed E-state index contributed by atoms with van der Waals surface area (Å²) in [5.41, 5.74) is 4.46. The maximum absolute atomic E-state index is 12.3. The fourth-order valence-corrected chi connectivity index (χ4v) is 3.81. The molecule has 0 bridgehead atoms. The van der Waals surface area contributed by atoms with Crippen molar-refractivity contribution in [1.82, 2.24) is 14.8 Å². The third-order valence-electron chi connectivity index (χ3n) is 5.07. The number of aromatic nitrogens is 3. The van der Waals surface area contributed by atoms with Crippen molar-refractivity contribution in [1.29, 1.82) is 0 Å². The van der Waals surface area contributed by atoms with Gasteiger partial charge in [-0.1, -0.05) is 30.0 Å². The molecular formula is C23H28N4O2S. The quantitative estimate of drug-likeness (QED) is 0.517. The predicted octanol–water partition coefficient (Wildman–Crippen LogP) is 4.35. The average molecular weight is 425 g/mol. The molecule has 0 aliphatic rings. The highest BCUT2D eigenvalue weighted by Gasteiger charge is 2.12. The summed E-state index contributed by atoms with van der Waals surface area (Å²) in [6.07, 6.45) is 2.79. The molecule has 0 spiro atoms. The molecule has 3 rings (SSSR count). The van der Waals surface area contributed by atoms with E-state index in [1.165, 1.54) is 22.9 Å². The molecule has 6 nitrogen and oxygen atoms in total. The van der Waals surface area contributed by atoms with Gasteiger partial charge in [-0.2, -0.15) is 0 Å². The highest BCUT2D eigenvalue weighted by atomic mass is 32.2. The first-order valence-electron chi connectivity index (χ1n) is 9.97. The van der Waals surface area contributed by atoms with E-state index in [4.69, 9.17) is 4.74 Å². The minimum atomic E-state index is -0.0488. The van der Waals surface area contributed by atoms with Gasteiger partial charge < -0.3 is 14.6 Å². The summed E-state index contributed by atoms with van der Waals surface area (Å²) in [4.78, 5) is 12.3. The lowest BCUT2D eigenvalue weighted by atomic mass is 10.1. The molecule has 2 aromatic carbocycles. The number of aryl methyl sites for hydroxylation is 4. The second-order valence-electron chi connectivity index (χ2n) is 7.30. The summed E-state index contributed by atoms with van der Waals surface area (Å²) < 4.78 is 7.17. The first-order chi connectivity index (χ1) is 14.5. The number of rotatable bonds is 9. The van der Waals surface area contributed by atoms with Crippen molar-refractivity contribution in [2.75, 3.05) is 18.2 Å². The number of carbonyl (C=O) groups is 1. The van der Waals surface area contributed by atoms with E-state index in [9.17, 15) is 4.79 Å². The Morgan fingerprint density at radius 1 is 1.07 bits per heavy atom. The first-order valence-corrected chi connectivity index (χ1v) is 11.0. The van der Waals surface area contributed by atoms with E-state index in [2.05, 4.69) is 34.6 Å². The molecule has 30 heavy (non-hydrogen) atoms. The van der Waals surface area contributed by atoms with E-state index < -0.39 is 0 Å². The standard InChI is InChI=1S/C23H28N4O2S/c1-16-8-11-19(14-17(16)2)24-22(28)15-30-23-26-25-21(27(23)3)7-5-6-18-9-12-20(29-4)13-10-18/h8-14H,5-7,15H2,1-4H3,(H,24,28). The van der Waals surface area contributed by atoms with Gasteiger partial charge in [0.05, 0.1) is 12.9 Å². The van der Waals surface area contributed by atoms with Crippen LogP contribution in [0.4, 0.5) is 5.69 Å². The van der Waals surface area contributed by atoms with E-state index >= 15 is 0 Å². The van der Waals surface area contributed by atoms with Crippen LogP contribution in [-0.2, 0) is 24.7 Å². The number of hydrogen-bond acceptors (Lipinski definition) is 5. The summed E-state index contributed by atoms with van der Waals surface area (Å²) in [7, 11) is 3.62. The van der Waals surface area contributed by atoms with Gasteiger partial charge in [0.1, 0.15) is 11.6 Å². The summed E-state index contributed by atoms with van der Waals surface area (Å²) in [6, 6.07) is 14.1. The van der Waals surface area contributed by atoms with E-state index in [1.54, 1.807) is 7.11 Å². The molecule has 3 aromatic rings. The molecule has 1 aromatic heterocycles. The Morgan fingerprint density at radius 3 is 2.53 bits per heavy atom. The largest absolute Gasteiger partial charge is 0.497 e. The van der Waals surface area contributed by atoms with Crippen LogP contribution in [0.5, 0.6) is 5.75 Å². The van der Waals surface area contributed by atoms with Crippen LogP contribution in [0, 0.1) is 13.8 Å². The lowest BCUT2D eigenvalue weighted by Crippen LogP contribution is -2.14. The van der Waals surface area contributed by atoms with E-state index in [1.807, 2.05) is 48.9 Å². The Morgan fingerprint density at radius 2 is 1.83 bits per heavy atom. The van der Waals surface area contributed by atoms with E-state index in [0.717, 1.165) is 47.2 Å². The maximum atomic E-state index is 12.3. The summed E-state index contributed by atoms with van der Waals surface area (Å²) >= 11 is 1.40. The third-order valence-corrected chi connectivity index (χ3v) is 6.09. The summed E-state index contributed by atoms with van der Waals surface area (Å²) in [5.74, 6) is 2.05.